The fraction of sp³-hybridized carbons (Fsp3) is 0.333. The fourth-order valence-electron chi connectivity index (χ4n) is 1.44. The maximum atomic E-state index is 10.8. The molecule has 0 saturated heterocycles. The van der Waals surface area contributed by atoms with Gasteiger partial charge in [0.25, 0.3) is 5.69 Å². The molecule has 2 aromatic rings. The average molecular weight is 282 g/mol. The van der Waals surface area contributed by atoms with Gasteiger partial charge in [-0.3, -0.25) is 10.1 Å². The van der Waals surface area contributed by atoms with E-state index in [0.717, 1.165) is 0 Å². The molecule has 0 radical (unpaired) electrons. The molecule has 1 aromatic heterocycles. The molecule has 0 aliphatic heterocycles. The first-order valence-corrected chi connectivity index (χ1v) is 5.95. The number of nitrogens with zero attached hydrogens (tertiary/aromatic N) is 3. The van der Waals surface area contributed by atoms with Crippen LogP contribution >= 0.6 is 11.6 Å². The van der Waals surface area contributed by atoms with Crippen molar-refractivity contribution in [3.05, 3.63) is 39.2 Å². The van der Waals surface area contributed by atoms with E-state index in [1.165, 1.54) is 12.1 Å². The Morgan fingerprint density at radius 1 is 1.37 bits per heavy atom. The minimum Gasteiger partial charge on any atom is -0.338 e. The van der Waals surface area contributed by atoms with Gasteiger partial charge < -0.3 is 4.52 Å². The lowest BCUT2D eigenvalue weighted by molar-refractivity contribution is -0.384. The van der Waals surface area contributed by atoms with Gasteiger partial charge in [-0.15, -0.1) is 0 Å². The molecule has 6 nitrogen and oxygen atoms in total. The summed E-state index contributed by atoms with van der Waals surface area (Å²) >= 11 is 5.75. The molecule has 7 heteroatoms. The van der Waals surface area contributed by atoms with E-state index in [4.69, 9.17) is 16.1 Å². The lowest BCUT2D eigenvalue weighted by Crippen LogP contribution is -2.11. The molecule has 0 aliphatic rings. The highest BCUT2D eigenvalue weighted by Crippen LogP contribution is 2.30. The van der Waals surface area contributed by atoms with E-state index in [0.29, 0.717) is 17.3 Å². The fourth-order valence-corrected chi connectivity index (χ4v) is 1.62. The zero-order valence-corrected chi connectivity index (χ0v) is 11.4. The van der Waals surface area contributed by atoms with Crippen LogP contribution in [0.2, 0.25) is 5.02 Å². The summed E-state index contributed by atoms with van der Waals surface area (Å²) < 4.78 is 5.15. The second kappa shape index (κ2) is 4.62. The van der Waals surface area contributed by atoms with Crippen LogP contribution in [-0.2, 0) is 5.41 Å². The minimum absolute atomic E-state index is 0.0771. The molecular formula is C12H12ClN3O3. The zero-order valence-electron chi connectivity index (χ0n) is 10.7. The van der Waals surface area contributed by atoms with Gasteiger partial charge in [-0.25, -0.2) is 0 Å². The third kappa shape index (κ3) is 2.73. The van der Waals surface area contributed by atoms with Crippen LogP contribution in [0.4, 0.5) is 5.69 Å². The van der Waals surface area contributed by atoms with Gasteiger partial charge >= 0.3 is 0 Å². The number of hydrogen-bond acceptors (Lipinski definition) is 5. The van der Waals surface area contributed by atoms with Crippen molar-refractivity contribution in [3.8, 4) is 11.4 Å². The predicted molar refractivity (Wildman–Crippen MR) is 70.1 cm³/mol. The Morgan fingerprint density at radius 2 is 2.05 bits per heavy atom. The Hall–Kier alpha value is -1.95. The zero-order chi connectivity index (χ0) is 14.2. The molecule has 100 valence electrons. The molecule has 19 heavy (non-hydrogen) atoms. The Kier molecular flexibility index (Phi) is 3.28. The summed E-state index contributed by atoms with van der Waals surface area (Å²) in [4.78, 5) is 14.5. The van der Waals surface area contributed by atoms with Gasteiger partial charge in [-0.1, -0.05) is 37.5 Å². The highest BCUT2D eigenvalue weighted by Gasteiger charge is 2.23. The van der Waals surface area contributed by atoms with Gasteiger partial charge in [0.05, 0.1) is 4.92 Å². The van der Waals surface area contributed by atoms with Crippen molar-refractivity contribution < 1.29 is 9.45 Å². The van der Waals surface area contributed by atoms with Crippen LogP contribution in [0.1, 0.15) is 26.7 Å². The smallest absolute Gasteiger partial charge is 0.288 e. The first kappa shape index (κ1) is 13.5. The predicted octanol–water partition coefficient (Wildman–Crippen LogP) is 3.60. The van der Waals surface area contributed by atoms with Crippen molar-refractivity contribution in [2.75, 3.05) is 0 Å². The molecule has 2 rings (SSSR count). The van der Waals surface area contributed by atoms with Gasteiger partial charge in [0.15, 0.2) is 0 Å². The topological polar surface area (TPSA) is 82.1 Å². The van der Waals surface area contributed by atoms with Crippen molar-refractivity contribution in [2.24, 2.45) is 0 Å². The molecule has 1 heterocycles. The Morgan fingerprint density at radius 3 is 2.58 bits per heavy atom. The van der Waals surface area contributed by atoms with Crippen molar-refractivity contribution in [3.63, 3.8) is 0 Å². The van der Waals surface area contributed by atoms with Crippen LogP contribution in [0.15, 0.2) is 22.7 Å². The number of halogens is 1. The van der Waals surface area contributed by atoms with Gasteiger partial charge in [-0.2, -0.15) is 4.98 Å². The highest BCUT2D eigenvalue weighted by molar-refractivity contribution is 6.32. The van der Waals surface area contributed by atoms with Crippen LogP contribution in [-0.4, -0.2) is 15.1 Å². The van der Waals surface area contributed by atoms with Crippen LogP contribution < -0.4 is 0 Å². The Labute approximate surface area is 114 Å². The summed E-state index contributed by atoms with van der Waals surface area (Å²) in [6.45, 7) is 5.82. The normalized spacial score (nSPS) is 11.6. The number of benzene rings is 1. The minimum atomic E-state index is -0.545. The molecule has 0 atom stereocenters. The molecule has 1 aromatic carbocycles. The maximum Gasteiger partial charge on any atom is 0.288 e. The number of nitro groups is 1. The van der Waals surface area contributed by atoms with E-state index in [9.17, 15) is 10.1 Å². The van der Waals surface area contributed by atoms with Gasteiger partial charge in [0, 0.05) is 17.0 Å². The summed E-state index contributed by atoms with van der Waals surface area (Å²) in [5.41, 5.74) is 0.0421. The van der Waals surface area contributed by atoms with E-state index in [1.54, 1.807) is 6.07 Å². The molecule has 0 fully saturated rings. The lowest BCUT2D eigenvalue weighted by atomic mass is 9.97. The van der Waals surface area contributed by atoms with E-state index in [1.807, 2.05) is 20.8 Å². The van der Waals surface area contributed by atoms with Crippen molar-refractivity contribution >= 4 is 17.3 Å². The van der Waals surface area contributed by atoms with Crippen molar-refractivity contribution in [1.29, 1.82) is 0 Å². The largest absolute Gasteiger partial charge is 0.338 e. The number of hydrogen-bond donors (Lipinski definition) is 0. The van der Waals surface area contributed by atoms with Gasteiger partial charge in [-0.05, 0) is 12.1 Å². The molecular weight excluding hydrogens is 270 g/mol. The van der Waals surface area contributed by atoms with Crippen molar-refractivity contribution in [1.82, 2.24) is 10.1 Å². The SMILES string of the molecule is CC(C)(C)c1nc(-c2ccc(Cl)c([N+](=O)[O-])c2)no1. The van der Waals surface area contributed by atoms with Crippen LogP contribution in [0.25, 0.3) is 11.4 Å². The molecule has 0 amide bonds. The average Bonchev–Trinajstić information content (AvgIpc) is 2.78. The van der Waals surface area contributed by atoms with Crippen LogP contribution in [0.3, 0.4) is 0 Å². The van der Waals surface area contributed by atoms with E-state index in [-0.39, 0.29) is 16.1 Å². The molecule has 0 bridgehead atoms. The van der Waals surface area contributed by atoms with Gasteiger partial charge in [0.1, 0.15) is 5.02 Å². The second-order valence-electron chi connectivity index (χ2n) is 5.10. The number of rotatable bonds is 2. The first-order valence-electron chi connectivity index (χ1n) is 5.57. The summed E-state index contributed by atoms with van der Waals surface area (Å²) in [6.07, 6.45) is 0. The lowest BCUT2D eigenvalue weighted by Gasteiger charge is -2.10. The number of aromatic nitrogens is 2. The Balaban J connectivity index is 2.45. The van der Waals surface area contributed by atoms with Crippen LogP contribution in [0.5, 0.6) is 0 Å². The molecule has 0 saturated carbocycles. The summed E-state index contributed by atoms with van der Waals surface area (Å²) in [5.74, 6) is 0.782. The van der Waals surface area contributed by atoms with E-state index in [2.05, 4.69) is 10.1 Å². The van der Waals surface area contributed by atoms with E-state index < -0.39 is 4.92 Å². The molecule has 0 aliphatic carbocycles. The first-order chi connectivity index (χ1) is 8.79. The number of nitro benzene ring substituents is 1. The quantitative estimate of drug-likeness (QED) is 0.620. The Bertz CT molecular complexity index is 631. The third-order valence-corrected chi connectivity index (χ3v) is 2.79. The summed E-state index contributed by atoms with van der Waals surface area (Å²) in [5, 5.41) is 14.7. The van der Waals surface area contributed by atoms with Gasteiger partial charge in [0.2, 0.25) is 11.7 Å². The summed E-state index contributed by atoms with van der Waals surface area (Å²) in [6, 6.07) is 4.40. The maximum absolute atomic E-state index is 10.8. The highest BCUT2D eigenvalue weighted by atomic mass is 35.5. The molecule has 0 N–H and O–H groups in total. The molecule has 0 unspecified atom stereocenters. The second-order valence-corrected chi connectivity index (χ2v) is 5.50. The third-order valence-electron chi connectivity index (χ3n) is 2.47. The van der Waals surface area contributed by atoms with Crippen LogP contribution in [0, 0.1) is 10.1 Å². The van der Waals surface area contributed by atoms with E-state index >= 15 is 0 Å². The van der Waals surface area contributed by atoms with Crippen molar-refractivity contribution in [2.45, 2.75) is 26.2 Å². The monoisotopic (exact) mass is 281 g/mol. The summed E-state index contributed by atoms with van der Waals surface area (Å²) in [7, 11) is 0. The molecule has 0 spiro atoms. The standard InChI is InChI=1S/C12H12ClN3O3/c1-12(2,3)11-14-10(15-19-11)7-4-5-8(13)9(6-7)16(17)18/h4-6H,1-3H3.